The number of hydrogen-bond acceptors (Lipinski definition) is 2. The van der Waals surface area contributed by atoms with Crippen LogP contribution in [0.4, 0.5) is 0 Å². The Hall–Kier alpha value is -2.79. The van der Waals surface area contributed by atoms with Crippen molar-refractivity contribution in [1.29, 1.82) is 0 Å². The van der Waals surface area contributed by atoms with Crippen molar-refractivity contribution < 1.29 is 9.90 Å². The summed E-state index contributed by atoms with van der Waals surface area (Å²) in [7, 11) is 0. The zero-order valence-corrected chi connectivity index (χ0v) is 18.5. The van der Waals surface area contributed by atoms with Gasteiger partial charge in [0.15, 0.2) is 0 Å². The molecule has 1 aromatic heterocycles. The molecule has 3 aromatic carbocycles. The third-order valence-corrected chi connectivity index (χ3v) is 5.61. The van der Waals surface area contributed by atoms with Crippen LogP contribution in [0.25, 0.3) is 33.9 Å². The van der Waals surface area contributed by atoms with Crippen LogP contribution in [0.3, 0.4) is 0 Å². The first-order valence-corrected chi connectivity index (χ1v) is 10.7. The summed E-state index contributed by atoms with van der Waals surface area (Å²) in [4.78, 5) is 16.3. The summed E-state index contributed by atoms with van der Waals surface area (Å²) >= 11 is 18.3. The minimum Gasteiger partial charge on any atom is -0.481 e. The van der Waals surface area contributed by atoms with Crippen molar-refractivity contribution in [2.24, 2.45) is 0 Å². The third-order valence-electron chi connectivity index (χ3n) is 4.85. The van der Waals surface area contributed by atoms with Gasteiger partial charge in [-0.2, -0.15) is 0 Å². The van der Waals surface area contributed by atoms with E-state index < -0.39 is 5.97 Å². The molecule has 0 aliphatic rings. The average Bonchev–Trinajstić information content (AvgIpc) is 3.13. The first-order chi connectivity index (χ1) is 14.9. The summed E-state index contributed by atoms with van der Waals surface area (Å²) in [5.74, 6) is -0.223. The fourth-order valence-corrected chi connectivity index (χ4v) is 3.78. The highest BCUT2D eigenvalue weighted by Gasteiger charge is 2.21. The molecule has 31 heavy (non-hydrogen) atoms. The summed E-state index contributed by atoms with van der Waals surface area (Å²) in [5.41, 5.74) is 4.14. The van der Waals surface area contributed by atoms with Gasteiger partial charge in [0.05, 0.1) is 17.8 Å². The molecule has 0 saturated heterocycles. The molecule has 0 fully saturated rings. The van der Waals surface area contributed by atoms with Crippen molar-refractivity contribution in [2.45, 2.75) is 13.0 Å². The zero-order valence-electron chi connectivity index (χ0n) is 16.2. The summed E-state index contributed by atoms with van der Waals surface area (Å²) in [6.45, 7) is 0.256. The molecule has 0 unspecified atom stereocenters. The smallest absolute Gasteiger partial charge is 0.305 e. The van der Waals surface area contributed by atoms with E-state index in [0.29, 0.717) is 20.9 Å². The Kier molecular flexibility index (Phi) is 6.33. The second-order valence-corrected chi connectivity index (χ2v) is 8.26. The van der Waals surface area contributed by atoms with Crippen LogP contribution in [0.2, 0.25) is 15.1 Å². The highest BCUT2D eigenvalue weighted by atomic mass is 35.5. The van der Waals surface area contributed by atoms with Crippen molar-refractivity contribution in [3.05, 3.63) is 87.9 Å². The van der Waals surface area contributed by atoms with E-state index in [1.165, 1.54) is 0 Å². The molecule has 156 valence electrons. The van der Waals surface area contributed by atoms with Gasteiger partial charge < -0.3 is 9.67 Å². The van der Waals surface area contributed by atoms with E-state index in [4.69, 9.17) is 39.8 Å². The van der Waals surface area contributed by atoms with Crippen molar-refractivity contribution in [2.75, 3.05) is 0 Å². The van der Waals surface area contributed by atoms with Crippen molar-refractivity contribution in [1.82, 2.24) is 9.55 Å². The van der Waals surface area contributed by atoms with Crippen LogP contribution in [-0.4, -0.2) is 20.6 Å². The number of rotatable bonds is 6. The Morgan fingerprint density at radius 1 is 0.742 bits per heavy atom. The molecule has 1 heterocycles. The number of halogens is 3. The molecule has 0 bridgehead atoms. The Morgan fingerprint density at radius 2 is 1.19 bits per heavy atom. The molecule has 4 aromatic rings. The Bertz CT molecular complexity index is 1220. The van der Waals surface area contributed by atoms with Gasteiger partial charge in [0.25, 0.3) is 0 Å². The highest BCUT2D eigenvalue weighted by molar-refractivity contribution is 6.31. The molecule has 7 heteroatoms. The fraction of sp³-hybridized carbons (Fsp3) is 0.0833. The van der Waals surface area contributed by atoms with E-state index in [1.807, 2.05) is 41.0 Å². The molecule has 4 nitrogen and oxygen atoms in total. The molecular formula is C24H17Cl3N2O2. The Labute approximate surface area is 194 Å². The number of aromatic nitrogens is 2. The van der Waals surface area contributed by atoms with Crippen molar-refractivity contribution in [3.63, 3.8) is 0 Å². The molecular weight excluding hydrogens is 455 g/mol. The van der Waals surface area contributed by atoms with Crippen LogP contribution < -0.4 is 0 Å². The van der Waals surface area contributed by atoms with E-state index in [2.05, 4.69) is 0 Å². The molecule has 1 N–H and O–H groups in total. The number of imidazole rings is 1. The maximum Gasteiger partial charge on any atom is 0.305 e. The van der Waals surface area contributed by atoms with Gasteiger partial charge in [-0.3, -0.25) is 4.79 Å². The van der Waals surface area contributed by atoms with Crippen LogP contribution in [0.1, 0.15) is 6.42 Å². The maximum absolute atomic E-state index is 11.4. The lowest BCUT2D eigenvalue weighted by atomic mass is 10.0. The summed E-state index contributed by atoms with van der Waals surface area (Å²) in [6, 6.07) is 22.2. The number of carboxylic acids is 1. The van der Waals surface area contributed by atoms with Gasteiger partial charge in [-0.05, 0) is 48.5 Å². The number of hydrogen-bond donors (Lipinski definition) is 1. The Morgan fingerprint density at radius 3 is 1.68 bits per heavy atom. The molecule has 0 aliphatic carbocycles. The fourth-order valence-electron chi connectivity index (χ4n) is 3.41. The Balaban J connectivity index is 1.99. The number of carboxylic acid groups (broad SMARTS) is 1. The predicted octanol–water partition coefficient (Wildman–Crippen LogP) is 7.32. The minimum atomic E-state index is -0.883. The first kappa shape index (κ1) is 21.4. The molecule has 4 rings (SSSR count). The van der Waals surface area contributed by atoms with Crippen LogP contribution in [0.5, 0.6) is 0 Å². The number of aliphatic carboxylic acids is 1. The first-order valence-electron chi connectivity index (χ1n) is 9.52. The molecule has 0 radical (unpaired) electrons. The number of carbonyl (C=O) groups is 1. The van der Waals surface area contributed by atoms with Crippen LogP contribution in [-0.2, 0) is 11.3 Å². The third kappa shape index (κ3) is 4.77. The van der Waals surface area contributed by atoms with Crippen LogP contribution in [0.15, 0.2) is 72.8 Å². The van der Waals surface area contributed by atoms with Gasteiger partial charge >= 0.3 is 5.97 Å². The molecule has 0 aliphatic heterocycles. The highest BCUT2D eigenvalue weighted by Crippen LogP contribution is 2.37. The molecule has 0 amide bonds. The second-order valence-electron chi connectivity index (χ2n) is 6.95. The summed E-state index contributed by atoms with van der Waals surface area (Å²) in [5, 5.41) is 11.2. The lowest BCUT2D eigenvalue weighted by molar-refractivity contribution is -0.137. The zero-order chi connectivity index (χ0) is 22.0. The average molecular weight is 472 g/mol. The number of benzene rings is 3. The van der Waals surface area contributed by atoms with Crippen LogP contribution in [0, 0.1) is 0 Å². The topological polar surface area (TPSA) is 55.1 Å². The molecule has 0 atom stereocenters. The van der Waals surface area contributed by atoms with Gasteiger partial charge in [-0.25, -0.2) is 4.98 Å². The SMILES string of the molecule is O=C(O)CCn1c(-c2ccc(Cl)cc2)nc(-c2ccc(Cl)cc2)c1-c1ccc(Cl)cc1. The standard InChI is InChI=1S/C24H17Cl3N2O2/c25-18-7-1-15(2-8-18)22-23(16-3-9-19(26)10-4-16)29(14-13-21(30)31)24(28-22)17-5-11-20(27)12-6-17/h1-12H,13-14H2,(H,30,31). The van der Waals surface area contributed by atoms with Gasteiger partial charge in [-0.1, -0.05) is 59.1 Å². The lowest BCUT2D eigenvalue weighted by Gasteiger charge is -2.13. The minimum absolute atomic E-state index is 0.0441. The maximum atomic E-state index is 11.4. The second kappa shape index (κ2) is 9.15. The normalized spacial score (nSPS) is 10.9. The van der Waals surface area contributed by atoms with E-state index in [9.17, 15) is 9.90 Å². The van der Waals surface area contributed by atoms with Crippen LogP contribution >= 0.6 is 34.8 Å². The summed E-state index contributed by atoms with van der Waals surface area (Å²) in [6.07, 6.45) is -0.0441. The predicted molar refractivity (Wildman–Crippen MR) is 126 cm³/mol. The largest absolute Gasteiger partial charge is 0.481 e. The van der Waals surface area contributed by atoms with E-state index >= 15 is 0 Å². The van der Waals surface area contributed by atoms with E-state index in [-0.39, 0.29) is 13.0 Å². The lowest BCUT2D eigenvalue weighted by Crippen LogP contribution is -2.07. The van der Waals surface area contributed by atoms with Gasteiger partial charge in [0.2, 0.25) is 0 Å². The number of nitrogens with zero attached hydrogens (tertiary/aromatic N) is 2. The summed E-state index contributed by atoms with van der Waals surface area (Å²) < 4.78 is 1.94. The van der Waals surface area contributed by atoms with Crippen molar-refractivity contribution in [3.8, 4) is 33.9 Å². The van der Waals surface area contributed by atoms with Gasteiger partial charge in [0.1, 0.15) is 5.82 Å². The van der Waals surface area contributed by atoms with Gasteiger partial charge in [0, 0.05) is 38.3 Å². The monoisotopic (exact) mass is 470 g/mol. The van der Waals surface area contributed by atoms with E-state index in [1.54, 1.807) is 36.4 Å². The van der Waals surface area contributed by atoms with Gasteiger partial charge in [-0.15, -0.1) is 0 Å². The van der Waals surface area contributed by atoms with Crippen molar-refractivity contribution >= 4 is 40.8 Å². The quantitative estimate of drug-likeness (QED) is 0.320. The molecule has 0 spiro atoms. The molecule has 0 saturated carbocycles. The van der Waals surface area contributed by atoms with E-state index in [0.717, 1.165) is 28.1 Å².